The van der Waals surface area contributed by atoms with Gasteiger partial charge in [0.1, 0.15) is 42.1 Å². The summed E-state index contributed by atoms with van der Waals surface area (Å²) in [5, 5.41) is 18.0. The zero-order valence-corrected chi connectivity index (χ0v) is 32.8. The number of nitrogens with one attached hydrogen (secondary N) is 2. The van der Waals surface area contributed by atoms with Gasteiger partial charge in [0.2, 0.25) is 0 Å². The highest BCUT2D eigenvalue weighted by molar-refractivity contribution is 6.06. The lowest BCUT2D eigenvalue weighted by atomic mass is 9.60. The number of nitrogens with zero attached hydrogens (tertiary/aromatic N) is 1. The number of ketones is 1. The summed E-state index contributed by atoms with van der Waals surface area (Å²) in [6, 6.07) is 0.817. The first-order chi connectivity index (χ1) is 26.4. The second kappa shape index (κ2) is 13.8. The van der Waals surface area contributed by atoms with E-state index in [-0.39, 0.29) is 60.3 Å². The van der Waals surface area contributed by atoms with E-state index in [4.69, 9.17) is 30.4 Å². The van der Waals surface area contributed by atoms with Crippen molar-refractivity contribution in [1.82, 2.24) is 5.32 Å². The molecule has 10 aliphatic rings. The number of allylic oxidation sites excluding steroid dienone is 1. The number of aliphatic imine (C=N–C) groups is 1. The molecule has 0 aromatic heterocycles. The Morgan fingerprint density at radius 1 is 1.04 bits per heavy atom. The number of piperidine rings is 2. The second-order valence-corrected chi connectivity index (χ2v) is 19.9. The van der Waals surface area contributed by atoms with Crippen molar-refractivity contribution in [2.75, 3.05) is 13.1 Å². The van der Waals surface area contributed by atoms with Gasteiger partial charge in [-0.05, 0) is 90.0 Å². The van der Waals surface area contributed by atoms with Gasteiger partial charge in [-0.3, -0.25) is 20.8 Å². The van der Waals surface area contributed by atoms with E-state index in [9.17, 15) is 14.7 Å². The average Bonchev–Trinajstić information content (AvgIpc) is 3.44. The van der Waals surface area contributed by atoms with Gasteiger partial charge in [0.05, 0.1) is 66.8 Å². The third-order valence-corrected chi connectivity index (χ3v) is 16.2. The molecule has 0 amide bonds. The van der Waals surface area contributed by atoms with Crippen molar-refractivity contribution in [1.29, 1.82) is 0 Å². The predicted octanol–water partition coefficient (Wildman–Crippen LogP) is -0.186. The number of aliphatic hydroxyl groups excluding tert-OH is 1. The molecule has 8 fully saturated rings. The molecule has 13 heteroatoms. The predicted molar refractivity (Wildman–Crippen MR) is 201 cm³/mol. The maximum Gasteiger partial charge on any atom is 0.341 e. The summed E-state index contributed by atoms with van der Waals surface area (Å²) >= 11 is 0. The number of ether oxygens (including phenoxy) is 4. The highest BCUT2D eigenvalue weighted by atomic mass is 16.7. The number of Topliss-reactive ketones (excluding diaryl/α,β-unsaturated/α-hetero) is 1. The van der Waals surface area contributed by atoms with Crippen molar-refractivity contribution in [3.63, 3.8) is 0 Å². The first-order valence-corrected chi connectivity index (χ1v) is 21.7. The van der Waals surface area contributed by atoms with E-state index >= 15 is 0 Å². The van der Waals surface area contributed by atoms with Crippen LogP contribution in [0.3, 0.4) is 0 Å². The lowest BCUT2D eigenvalue weighted by Crippen LogP contribution is -3.08. The third kappa shape index (κ3) is 6.34. The molecule has 0 radical (unpaired) electrons. The number of carbonyl (C=O) groups excluding carboxylic acids is 2. The maximum atomic E-state index is 14.2. The topological polar surface area (TPSA) is 192 Å². The SMILES string of the molecule is CC1CC(=O)C2C(CC3OC(C)(C)[C@@H]4OC(=O)[C@]5(CCC[C@@H]4C3C2O)O[C@@H]5CCC2CC(N)[NH2+]C3C2CCC2C(N)NC(C[NH+]4C=C5C=CN=C5C4)CC23)O1. The highest BCUT2D eigenvalue weighted by Gasteiger charge is 2.67. The molecule has 9 N–H and O–H groups in total. The third-order valence-electron chi connectivity index (χ3n) is 16.2. The van der Waals surface area contributed by atoms with E-state index in [0.29, 0.717) is 55.0 Å². The van der Waals surface area contributed by atoms with Crippen LogP contribution in [-0.4, -0.2) is 108 Å². The summed E-state index contributed by atoms with van der Waals surface area (Å²) in [7, 11) is 0. The van der Waals surface area contributed by atoms with Gasteiger partial charge in [0.15, 0.2) is 5.60 Å². The van der Waals surface area contributed by atoms with E-state index in [2.05, 4.69) is 27.9 Å². The Bertz CT molecular complexity index is 1650. The van der Waals surface area contributed by atoms with Gasteiger partial charge < -0.3 is 40.0 Å². The van der Waals surface area contributed by atoms with Crippen molar-refractivity contribution < 1.29 is 43.9 Å². The van der Waals surface area contributed by atoms with E-state index in [1.807, 2.05) is 27.0 Å². The number of epoxide rings is 1. The Labute approximate surface area is 324 Å². The molecule has 15 unspecified atom stereocenters. The van der Waals surface area contributed by atoms with Gasteiger partial charge in [-0.1, -0.05) is 0 Å². The van der Waals surface area contributed by atoms with Crippen LogP contribution in [0, 0.1) is 41.4 Å². The number of hydrogen-bond donors (Lipinski definition) is 6. The number of hydrogen-bond acceptors (Lipinski definition) is 11. The molecule has 13 nitrogen and oxygen atoms in total. The van der Waals surface area contributed by atoms with Gasteiger partial charge in [0, 0.05) is 49.1 Å². The van der Waals surface area contributed by atoms with Crippen LogP contribution >= 0.6 is 0 Å². The van der Waals surface area contributed by atoms with Crippen molar-refractivity contribution >= 4 is 17.5 Å². The van der Waals surface area contributed by atoms with Crippen LogP contribution in [0.25, 0.3) is 0 Å². The van der Waals surface area contributed by atoms with Crippen LogP contribution in [0.2, 0.25) is 0 Å². The highest BCUT2D eigenvalue weighted by Crippen LogP contribution is 2.55. The molecule has 8 aliphatic heterocycles. The molecule has 6 saturated heterocycles. The fourth-order valence-electron chi connectivity index (χ4n) is 13.9. The Balaban J connectivity index is 0.788. The monoisotopic (exact) mass is 764 g/mol. The van der Waals surface area contributed by atoms with Crippen LogP contribution in [0.5, 0.6) is 0 Å². The first kappa shape index (κ1) is 37.2. The summed E-state index contributed by atoms with van der Waals surface area (Å²) in [5.41, 5.74) is 14.5. The van der Waals surface area contributed by atoms with Crippen LogP contribution in [0.4, 0.5) is 0 Å². The molecule has 8 heterocycles. The molecule has 2 aliphatic carbocycles. The first-order valence-electron chi connectivity index (χ1n) is 21.7. The lowest BCUT2D eigenvalue weighted by Gasteiger charge is -2.57. The van der Waals surface area contributed by atoms with Gasteiger partial charge in [-0.2, -0.15) is 0 Å². The van der Waals surface area contributed by atoms with Crippen molar-refractivity contribution in [2.45, 2.75) is 164 Å². The van der Waals surface area contributed by atoms with E-state index in [1.54, 1.807) is 0 Å². The molecule has 0 aromatic rings. The Kier molecular flexibility index (Phi) is 9.31. The van der Waals surface area contributed by atoms with E-state index < -0.39 is 29.3 Å². The molecule has 19 atom stereocenters. The average molecular weight is 765 g/mol. The van der Waals surface area contributed by atoms with Gasteiger partial charge in [-0.15, -0.1) is 0 Å². The van der Waals surface area contributed by atoms with Crippen LogP contribution in [0.1, 0.15) is 91.4 Å². The number of esters is 1. The zero-order chi connectivity index (χ0) is 38.0. The number of nitrogens with two attached hydrogens (primary N) is 3. The molecular weight excluding hydrogens is 700 g/mol. The van der Waals surface area contributed by atoms with Crippen LogP contribution in [-0.2, 0) is 28.5 Å². The van der Waals surface area contributed by atoms with Crippen molar-refractivity contribution in [3.8, 4) is 0 Å². The Morgan fingerprint density at radius 3 is 2.71 bits per heavy atom. The largest absolute Gasteiger partial charge is 0.457 e. The molecule has 1 spiro atoms. The number of fused-ring (bicyclic) bond motifs is 8. The Hall–Kier alpha value is -2.07. The van der Waals surface area contributed by atoms with Gasteiger partial charge >= 0.3 is 5.97 Å². The lowest BCUT2D eigenvalue weighted by molar-refractivity contribution is -0.835. The van der Waals surface area contributed by atoms with Crippen LogP contribution < -0.4 is 27.0 Å². The van der Waals surface area contributed by atoms with E-state index in [0.717, 1.165) is 58.0 Å². The molecule has 0 aromatic carbocycles. The fraction of sp³-hybridized carbons (Fsp3) is 0.833. The normalized spacial score (nSPS) is 52.3. The fourth-order valence-corrected chi connectivity index (χ4v) is 13.9. The number of quaternary nitrogens is 2. The summed E-state index contributed by atoms with van der Waals surface area (Å²) in [4.78, 5) is 33.3. The standard InChI is InChI=1S/C42H62N6O7/c1-20-13-29(49)35-30(52-20)16-31-34(37(35)50)26-5-4-11-42(40(51)53-38(26)41(2,3)54-31)32(55-42)9-6-21-14-33(43)47-36-24(21)7-8-25-27(36)15-23(46-39(25)44)18-48-17-22-10-12-45-28(22)19-48/h10,12,17,20-21,23-27,30-39,46-47,50H,4-9,11,13-16,18-19,43-44H2,1-3H3/p+2/t20?,21?,23?,24?,25?,26-,27?,30?,31?,32-,33?,34?,35?,36?,37?,38-,39?,42-/m1/s1. The summed E-state index contributed by atoms with van der Waals surface area (Å²) in [5.74, 6) is 0.875. The Morgan fingerprint density at radius 2 is 1.87 bits per heavy atom. The maximum absolute atomic E-state index is 14.2. The summed E-state index contributed by atoms with van der Waals surface area (Å²) in [6.45, 7) is 7.87. The minimum absolute atomic E-state index is 0.00190. The number of aliphatic hydroxyl groups is 1. The van der Waals surface area contributed by atoms with Gasteiger partial charge in [0.25, 0.3) is 0 Å². The van der Waals surface area contributed by atoms with Crippen molar-refractivity contribution in [3.05, 3.63) is 24.0 Å². The number of carbonyl (C=O) groups is 2. The molecule has 10 rings (SSSR count). The minimum atomic E-state index is -0.917. The molecule has 302 valence electrons. The quantitative estimate of drug-likeness (QED) is 0.162. The molecular formula is C42H64N6O7+2. The molecule has 0 bridgehead atoms. The molecule has 55 heavy (non-hydrogen) atoms. The van der Waals surface area contributed by atoms with Gasteiger partial charge in [-0.25, -0.2) is 4.79 Å². The van der Waals surface area contributed by atoms with Crippen molar-refractivity contribution in [2.24, 2.45) is 57.9 Å². The second-order valence-electron chi connectivity index (χ2n) is 19.9. The smallest absolute Gasteiger partial charge is 0.341 e. The van der Waals surface area contributed by atoms with E-state index in [1.165, 1.54) is 22.6 Å². The zero-order valence-electron chi connectivity index (χ0n) is 32.8. The van der Waals surface area contributed by atoms with Crippen LogP contribution in [0.15, 0.2) is 29.0 Å². The molecule has 2 saturated carbocycles. The minimum Gasteiger partial charge on any atom is -0.457 e. The summed E-state index contributed by atoms with van der Waals surface area (Å²) < 4.78 is 25.7. The summed E-state index contributed by atoms with van der Waals surface area (Å²) in [6.07, 6.45) is 13.3. The number of rotatable bonds is 5.